The van der Waals surface area contributed by atoms with E-state index < -0.39 is 0 Å². The van der Waals surface area contributed by atoms with Crippen LogP contribution in [0.25, 0.3) is 0 Å². The van der Waals surface area contributed by atoms with Crippen molar-refractivity contribution in [1.29, 1.82) is 0 Å². The Kier molecular flexibility index (Phi) is 5.85. The van der Waals surface area contributed by atoms with E-state index >= 15 is 0 Å². The summed E-state index contributed by atoms with van der Waals surface area (Å²) in [5.74, 6) is 0.0650. The van der Waals surface area contributed by atoms with Crippen molar-refractivity contribution in [1.82, 2.24) is 4.90 Å². The fraction of sp³-hybridized carbons (Fsp3) is 0.533. The fourth-order valence-electron chi connectivity index (χ4n) is 2.52. The number of halogens is 1. The normalized spacial score (nSPS) is 19.4. The molecule has 21 heavy (non-hydrogen) atoms. The molecule has 5 nitrogen and oxygen atoms in total. The van der Waals surface area contributed by atoms with Crippen LogP contribution in [-0.2, 0) is 11.3 Å². The Labute approximate surface area is 130 Å². The summed E-state index contributed by atoms with van der Waals surface area (Å²) in [6.45, 7) is 5.64. The van der Waals surface area contributed by atoms with Crippen LogP contribution in [0.15, 0.2) is 23.4 Å². The van der Waals surface area contributed by atoms with Gasteiger partial charge in [-0.25, -0.2) is 0 Å². The Morgan fingerprint density at radius 2 is 2.38 bits per heavy atom. The smallest absolute Gasteiger partial charge is 0.170 e. The van der Waals surface area contributed by atoms with E-state index in [1.54, 1.807) is 6.07 Å². The summed E-state index contributed by atoms with van der Waals surface area (Å²) in [5.41, 5.74) is 7.22. The number of oxime groups is 1. The largest absolute Gasteiger partial charge is 0.409 e. The van der Waals surface area contributed by atoms with Crippen LogP contribution in [0.5, 0.6) is 0 Å². The summed E-state index contributed by atoms with van der Waals surface area (Å²) >= 11 is 6.30. The number of likely N-dealkylation sites (N-methyl/N-ethyl adjacent to an activating group) is 1. The Balaban J connectivity index is 2.03. The van der Waals surface area contributed by atoms with Crippen molar-refractivity contribution in [3.63, 3.8) is 0 Å². The van der Waals surface area contributed by atoms with Gasteiger partial charge in [0.1, 0.15) is 0 Å². The highest BCUT2D eigenvalue weighted by atomic mass is 35.5. The Morgan fingerprint density at radius 1 is 1.57 bits per heavy atom. The molecular formula is C15H22ClN3O2. The van der Waals surface area contributed by atoms with E-state index in [0.717, 1.165) is 44.6 Å². The third kappa shape index (κ3) is 4.33. The Bertz CT molecular complexity index is 502. The summed E-state index contributed by atoms with van der Waals surface area (Å²) in [7, 11) is 0. The molecule has 0 aromatic heterocycles. The minimum absolute atomic E-state index is 0.0650. The zero-order valence-corrected chi connectivity index (χ0v) is 13.0. The molecule has 1 unspecified atom stereocenters. The maximum absolute atomic E-state index is 8.69. The quantitative estimate of drug-likeness (QED) is 0.366. The van der Waals surface area contributed by atoms with Gasteiger partial charge in [-0.05, 0) is 31.0 Å². The molecule has 1 heterocycles. The first-order valence-electron chi connectivity index (χ1n) is 7.24. The molecule has 1 aliphatic heterocycles. The molecule has 0 aliphatic carbocycles. The van der Waals surface area contributed by atoms with Crippen molar-refractivity contribution >= 4 is 17.4 Å². The van der Waals surface area contributed by atoms with Gasteiger partial charge < -0.3 is 15.7 Å². The third-order valence-electron chi connectivity index (χ3n) is 3.78. The van der Waals surface area contributed by atoms with E-state index in [1.807, 2.05) is 12.1 Å². The van der Waals surface area contributed by atoms with Gasteiger partial charge in [0.25, 0.3) is 0 Å². The highest BCUT2D eigenvalue weighted by Crippen LogP contribution is 2.21. The molecular weight excluding hydrogens is 290 g/mol. The maximum Gasteiger partial charge on any atom is 0.170 e. The molecule has 6 heteroatoms. The Morgan fingerprint density at radius 3 is 2.95 bits per heavy atom. The molecule has 0 radical (unpaired) electrons. The molecule has 0 saturated carbocycles. The van der Waals surface area contributed by atoms with Crippen molar-refractivity contribution < 1.29 is 9.94 Å². The van der Waals surface area contributed by atoms with Crippen LogP contribution in [0.4, 0.5) is 0 Å². The number of nitrogens with zero attached hydrogens (tertiary/aromatic N) is 2. The average Bonchev–Trinajstić information content (AvgIpc) is 3.00. The maximum atomic E-state index is 8.69. The average molecular weight is 312 g/mol. The summed E-state index contributed by atoms with van der Waals surface area (Å²) in [6, 6.07) is 5.47. The van der Waals surface area contributed by atoms with Gasteiger partial charge in [0.15, 0.2) is 5.84 Å². The number of amidine groups is 1. The first kappa shape index (κ1) is 16.1. The number of benzene rings is 1. The molecule has 116 valence electrons. The van der Waals surface area contributed by atoms with Gasteiger partial charge in [0, 0.05) is 30.3 Å². The molecule has 1 aromatic rings. The number of nitrogens with two attached hydrogens (primary N) is 1. The Hall–Kier alpha value is -1.30. The molecule has 1 aliphatic rings. The third-order valence-corrected chi connectivity index (χ3v) is 4.14. The second-order valence-corrected chi connectivity index (χ2v) is 5.66. The zero-order valence-electron chi connectivity index (χ0n) is 12.3. The lowest BCUT2D eigenvalue weighted by atomic mass is 10.1. The van der Waals surface area contributed by atoms with Crippen LogP contribution < -0.4 is 5.73 Å². The molecule has 0 bridgehead atoms. The molecule has 0 amide bonds. The van der Waals surface area contributed by atoms with Gasteiger partial charge in [-0.1, -0.05) is 35.8 Å². The van der Waals surface area contributed by atoms with Crippen molar-refractivity contribution in [3.8, 4) is 0 Å². The van der Waals surface area contributed by atoms with Gasteiger partial charge in [-0.2, -0.15) is 0 Å². The highest BCUT2D eigenvalue weighted by molar-refractivity contribution is 6.31. The van der Waals surface area contributed by atoms with Gasteiger partial charge in [0.05, 0.1) is 6.10 Å². The van der Waals surface area contributed by atoms with E-state index in [1.165, 1.54) is 0 Å². The van der Waals surface area contributed by atoms with Crippen molar-refractivity contribution in [2.75, 3.05) is 19.7 Å². The minimum Gasteiger partial charge on any atom is -0.409 e. The fourth-order valence-corrected chi connectivity index (χ4v) is 2.76. The van der Waals surface area contributed by atoms with E-state index in [4.69, 9.17) is 27.3 Å². The predicted molar refractivity (Wildman–Crippen MR) is 83.9 cm³/mol. The number of hydrogen-bond acceptors (Lipinski definition) is 4. The first-order valence-corrected chi connectivity index (χ1v) is 7.62. The molecule has 0 spiro atoms. The van der Waals surface area contributed by atoms with Crippen molar-refractivity contribution in [3.05, 3.63) is 34.3 Å². The standard InChI is InChI=1S/C15H22ClN3O2/c1-2-19(10-13-4-3-7-21-13)9-12-6-5-11(8-14(12)16)15(17)18-20/h5-6,8,13,20H,2-4,7,9-10H2,1H3,(H2,17,18). The topological polar surface area (TPSA) is 71.1 Å². The minimum atomic E-state index is 0.0650. The van der Waals surface area contributed by atoms with Gasteiger partial charge in [-0.15, -0.1) is 0 Å². The van der Waals surface area contributed by atoms with E-state index in [2.05, 4.69) is 17.0 Å². The van der Waals surface area contributed by atoms with E-state index in [0.29, 0.717) is 16.7 Å². The monoisotopic (exact) mass is 311 g/mol. The van der Waals surface area contributed by atoms with Gasteiger partial charge in [-0.3, -0.25) is 4.90 Å². The summed E-state index contributed by atoms with van der Waals surface area (Å²) in [6.07, 6.45) is 2.62. The van der Waals surface area contributed by atoms with Crippen LogP contribution >= 0.6 is 11.6 Å². The van der Waals surface area contributed by atoms with Crippen LogP contribution in [0.1, 0.15) is 30.9 Å². The van der Waals surface area contributed by atoms with Crippen molar-refractivity contribution in [2.45, 2.75) is 32.4 Å². The lowest BCUT2D eigenvalue weighted by molar-refractivity contribution is 0.0725. The van der Waals surface area contributed by atoms with Crippen molar-refractivity contribution in [2.24, 2.45) is 10.9 Å². The number of rotatable bonds is 6. The molecule has 1 fully saturated rings. The first-order chi connectivity index (χ1) is 10.1. The SMILES string of the molecule is CCN(Cc1ccc(/C(N)=N/O)cc1Cl)CC1CCCO1. The number of ether oxygens (including phenoxy) is 1. The number of hydrogen-bond donors (Lipinski definition) is 2. The van der Waals surface area contributed by atoms with Crippen LogP contribution in [0.2, 0.25) is 5.02 Å². The highest BCUT2D eigenvalue weighted by Gasteiger charge is 2.19. The molecule has 3 N–H and O–H groups in total. The van der Waals surface area contributed by atoms with Crippen LogP contribution in [0.3, 0.4) is 0 Å². The van der Waals surface area contributed by atoms with Gasteiger partial charge in [0.2, 0.25) is 0 Å². The second kappa shape index (κ2) is 7.64. The molecule has 1 aromatic carbocycles. The van der Waals surface area contributed by atoms with E-state index in [9.17, 15) is 0 Å². The molecule has 2 rings (SSSR count). The van der Waals surface area contributed by atoms with E-state index in [-0.39, 0.29) is 5.84 Å². The summed E-state index contributed by atoms with van der Waals surface area (Å²) in [4.78, 5) is 2.32. The zero-order chi connectivity index (χ0) is 15.2. The van der Waals surface area contributed by atoms with Crippen LogP contribution in [0, 0.1) is 0 Å². The second-order valence-electron chi connectivity index (χ2n) is 5.25. The van der Waals surface area contributed by atoms with Gasteiger partial charge >= 0.3 is 0 Å². The molecule has 1 saturated heterocycles. The lowest BCUT2D eigenvalue weighted by Crippen LogP contribution is -2.31. The van der Waals surface area contributed by atoms with Crippen LogP contribution in [-0.4, -0.2) is 41.7 Å². The lowest BCUT2D eigenvalue weighted by Gasteiger charge is -2.24. The predicted octanol–water partition coefficient (Wildman–Crippen LogP) is 2.44. The summed E-state index contributed by atoms with van der Waals surface area (Å²) < 4.78 is 5.68. The molecule has 1 atom stereocenters. The summed E-state index contributed by atoms with van der Waals surface area (Å²) in [5, 5.41) is 12.3.